The molecule has 0 unspecified atom stereocenters. The number of halogens is 2. The van der Waals surface area contributed by atoms with Gasteiger partial charge >= 0.3 is 0 Å². The summed E-state index contributed by atoms with van der Waals surface area (Å²) >= 11 is 0. The smallest absolute Gasteiger partial charge is 0.130 e. The van der Waals surface area contributed by atoms with Crippen molar-refractivity contribution in [3.8, 4) is 0 Å². The Kier molecular flexibility index (Phi) is 7.78. The molecule has 0 amide bonds. The summed E-state index contributed by atoms with van der Waals surface area (Å²) in [5.41, 5.74) is 4.04. The predicted molar refractivity (Wildman–Crippen MR) is 122 cm³/mol. The van der Waals surface area contributed by atoms with Gasteiger partial charge in [-0.05, 0) is 72.6 Å². The van der Waals surface area contributed by atoms with Gasteiger partial charge in [-0.25, -0.2) is 4.39 Å². The number of rotatable bonds is 5. The summed E-state index contributed by atoms with van der Waals surface area (Å²) in [6.07, 6.45) is 9.30. The van der Waals surface area contributed by atoms with Crippen molar-refractivity contribution in [3.05, 3.63) is 41.2 Å². The molecular formula is C25H39ClFN. The van der Waals surface area contributed by atoms with Gasteiger partial charge in [-0.3, -0.25) is 4.90 Å². The second-order valence-electron chi connectivity index (χ2n) is 10.4. The minimum Gasteiger partial charge on any atom is -0.299 e. The fourth-order valence-electron chi connectivity index (χ4n) is 5.81. The van der Waals surface area contributed by atoms with Gasteiger partial charge in [0.05, 0.1) is 0 Å². The zero-order valence-electron chi connectivity index (χ0n) is 18.5. The van der Waals surface area contributed by atoms with Crippen LogP contribution >= 0.6 is 12.4 Å². The first-order chi connectivity index (χ1) is 12.7. The average Bonchev–Trinajstić information content (AvgIpc) is 2.57. The number of unbranched alkanes of at least 4 members (excludes halogenated alkanes) is 1. The fourth-order valence-corrected chi connectivity index (χ4v) is 5.81. The molecule has 0 bridgehead atoms. The van der Waals surface area contributed by atoms with Crippen LogP contribution < -0.4 is 0 Å². The molecule has 0 saturated heterocycles. The van der Waals surface area contributed by atoms with Gasteiger partial charge in [-0.1, -0.05) is 59.2 Å². The Labute approximate surface area is 178 Å². The molecule has 158 valence electrons. The minimum absolute atomic E-state index is 0. The highest BCUT2D eigenvalue weighted by molar-refractivity contribution is 5.85. The first-order valence-electron chi connectivity index (χ1n) is 10.9. The Hall–Kier alpha value is -0.860. The van der Waals surface area contributed by atoms with Crippen LogP contribution in [0.15, 0.2) is 24.3 Å². The molecule has 0 N–H and O–H groups in total. The van der Waals surface area contributed by atoms with Crippen molar-refractivity contribution >= 4 is 18.0 Å². The van der Waals surface area contributed by atoms with E-state index in [1.807, 2.05) is 6.07 Å². The van der Waals surface area contributed by atoms with Crippen molar-refractivity contribution in [2.45, 2.75) is 79.1 Å². The van der Waals surface area contributed by atoms with E-state index in [2.05, 4.69) is 51.7 Å². The van der Waals surface area contributed by atoms with Crippen molar-refractivity contribution in [1.29, 1.82) is 0 Å². The highest BCUT2D eigenvalue weighted by Gasteiger charge is 2.40. The lowest BCUT2D eigenvalue weighted by Crippen LogP contribution is -2.33. The SMILES string of the molecule is CCCCN1CC=C(c2c(F)cccc2C2CC(C)(C)CC(C)(C)C2)CC1.Cl. The molecule has 0 atom stereocenters. The van der Waals surface area contributed by atoms with Crippen LogP contribution in [0.25, 0.3) is 5.57 Å². The summed E-state index contributed by atoms with van der Waals surface area (Å²) in [5.74, 6) is 0.426. The normalized spacial score (nSPS) is 22.4. The Balaban J connectivity index is 0.00000280. The van der Waals surface area contributed by atoms with Crippen molar-refractivity contribution in [2.75, 3.05) is 19.6 Å². The van der Waals surface area contributed by atoms with Gasteiger partial charge in [0.2, 0.25) is 0 Å². The van der Waals surface area contributed by atoms with Crippen LogP contribution in [0.3, 0.4) is 0 Å². The van der Waals surface area contributed by atoms with Gasteiger partial charge in [0.1, 0.15) is 5.82 Å². The van der Waals surface area contributed by atoms with Gasteiger partial charge in [-0.2, -0.15) is 0 Å². The first kappa shape index (κ1) is 23.4. The average molecular weight is 408 g/mol. The highest BCUT2D eigenvalue weighted by Crippen LogP contribution is 2.52. The fraction of sp³-hybridized carbons (Fsp3) is 0.680. The van der Waals surface area contributed by atoms with Crippen LogP contribution in [0.5, 0.6) is 0 Å². The quantitative estimate of drug-likeness (QED) is 0.489. The van der Waals surface area contributed by atoms with E-state index in [0.717, 1.165) is 44.5 Å². The second kappa shape index (κ2) is 9.30. The molecule has 3 rings (SSSR count). The summed E-state index contributed by atoms with van der Waals surface area (Å²) in [5, 5.41) is 0. The molecule has 1 fully saturated rings. The monoisotopic (exact) mass is 407 g/mol. The maximum atomic E-state index is 15.0. The van der Waals surface area contributed by atoms with E-state index in [-0.39, 0.29) is 18.2 Å². The second-order valence-corrected chi connectivity index (χ2v) is 10.4. The Morgan fingerprint density at radius 3 is 2.36 bits per heavy atom. The van der Waals surface area contributed by atoms with E-state index >= 15 is 4.39 Å². The van der Waals surface area contributed by atoms with Crippen LogP contribution in [-0.2, 0) is 0 Å². The highest BCUT2D eigenvalue weighted by atomic mass is 35.5. The van der Waals surface area contributed by atoms with E-state index in [1.165, 1.54) is 30.4 Å². The lowest BCUT2D eigenvalue weighted by atomic mass is 9.59. The molecule has 0 radical (unpaired) electrons. The van der Waals surface area contributed by atoms with Gasteiger partial charge < -0.3 is 0 Å². The van der Waals surface area contributed by atoms with Gasteiger partial charge in [0, 0.05) is 18.7 Å². The Morgan fingerprint density at radius 1 is 1.11 bits per heavy atom. The Morgan fingerprint density at radius 2 is 1.79 bits per heavy atom. The van der Waals surface area contributed by atoms with Crippen molar-refractivity contribution in [3.63, 3.8) is 0 Å². The molecule has 0 spiro atoms. The minimum atomic E-state index is -0.0260. The summed E-state index contributed by atoms with van der Waals surface area (Å²) in [6.45, 7) is 14.9. The molecule has 1 saturated carbocycles. The number of hydrogen-bond donors (Lipinski definition) is 0. The molecule has 3 heteroatoms. The van der Waals surface area contributed by atoms with E-state index in [1.54, 1.807) is 6.07 Å². The maximum Gasteiger partial charge on any atom is 0.130 e. The summed E-state index contributed by atoms with van der Waals surface area (Å²) in [7, 11) is 0. The lowest BCUT2D eigenvalue weighted by Gasteiger charge is -2.45. The van der Waals surface area contributed by atoms with Crippen LogP contribution in [0.2, 0.25) is 0 Å². The van der Waals surface area contributed by atoms with E-state index < -0.39 is 0 Å². The molecule has 1 aromatic rings. The molecule has 1 aromatic carbocycles. The van der Waals surface area contributed by atoms with Crippen molar-refractivity contribution in [2.24, 2.45) is 10.8 Å². The third-order valence-electron chi connectivity index (χ3n) is 6.48. The molecular weight excluding hydrogens is 369 g/mol. The summed E-state index contributed by atoms with van der Waals surface area (Å²) in [6, 6.07) is 5.77. The molecule has 1 aliphatic carbocycles. The third kappa shape index (κ3) is 5.60. The maximum absolute atomic E-state index is 15.0. The zero-order valence-corrected chi connectivity index (χ0v) is 19.3. The van der Waals surface area contributed by atoms with Gasteiger partial charge in [0.25, 0.3) is 0 Å². The number of hydrogen-bond acceptors (Lipinski definition) is 1. The summed E-state index contributed by atoms with van der Waals surface area (Å²) < 4.78 is 15.0. The number of benzene rings is 1. The van der Waals surface area contributed by atoms with E-state index in [0.29, 0.717) is 16.7 Å². The molecule has 1 nitrogen and oxygen atoms in total. The molecule has 0 aromatic heterocycles. The zero-order chi connectivity index (χ0) is 19.7. The molecule has 28 heavy (non-hydrogen) atoms. The predicted octanol–water partition coefficient (Wildman–Crippen LogP) is 7.46. The third-order valence-corrected chi connectivity index (χ3v) is 6.48. The van der Waals surface area contributed by atoms with Crippen molar-refractivity contribution < 1.29 is 4.39 Å². The largest absolute Gasteiger partial charge is 0.299 e. The van der Waals surface area contributed by atoms with Crippen LogP contribution in [0.1, 0.15) is 90.2 Å². The summed E-state index contributed by atoms with van der Waals surface area (Å²) in [4.78, 5) is 2.50. The molecule has 1 aliphatic heterocycles. The molecule has 1 heterocycles. The van der Waals surface area contributed by atoms with Crippen LogP contribution in [0, 0.1) is 16.6 Å². The Bertz CT molecular complexity index is 676. The first-order valence-corrected chi connectivity index (χ1v) is 10.9. The van der Waals surface area contributed by atoms with Gasteiger partial charge in [0.15, 0.2) is 0 Å². The number of nitrogens with zero attached hydrogens (tertiary/aromatic N) is 1. The van der Waals surface area contributed by atoms with E-state index in [9.17, 15) is 0 Å². The lowest BCUT2D eigenvalue weighted by molar-refractivity contribution is 0.0967. The van der Waals surface area contributed by atoms with Gasteiger partial charge in [-0.15, -0.1) is 12.4 Å². The standard InChI is InChI=1S/C25H38FN.ClH/c1-6-7-13-27-14-11-19(12-15-27)23-21(9-8-10-22(23)26)20-16-24(2,3)18-25(4,5)17-20;/h8-11,20H,6-7,12-18H2,1-5H3;1H. The molecule has 2 aliphatic rings. The van der Waals surface area contributed by atoms with Crippen LogP contribution in [0.4, 0.5) is 4.39 Å². The topological polar surface area (TPSA) is 3.24 Å². The van der Waals surface area contributed by atoms with Crippen molar-refractivity contribution in [1.82, 2.24) is 4.90 Å². The van der Waals surface area contributed by atoms with Crippen LogP contribution in [-0.4, -0.2) is 24.5 Å². The van der Waals surface area contributed by atoms with E-state index in [4.69, 9.17) is 0 Å².